The van der Waals surface area contributed by atoms with Crippen LogP contribution < -0.4 is 15.4 Å². The number of primary sulfonamides is 1. The van der Waals surface area contributed by atoms with Gasteiger partial charge in [-0.15, -0.1) is 0 Å². The molecule has 3 rings (SSSR count). The Morgan fingerprint density at radius 2 is 1.84 bits per heavy atom. The van der Waals surface area contributed by atoms with Gasteiger partial charge in [0.2, 0.25) is 15.9 Å². The van der Waals surface area contributed by atoms with E-state index in [1.165, 1.54) is 36.1 Å². The van der Waals surface area contributed by atoms with Gasteiger partial charge in [-0.25, -0.2) is 13.6 Å². The molecule has 2 amide bonds. The summed E-state index contributed by atoms with van der Waals surface area (Å²) in [7, 11) is -3.84. The smallest absolute Gasteiger partial charge is 0.312 e. The van der Waals surface area contributed by atoms with Crippen LogP contribution in [0.2, 0.25) is 5.02 Å². The fourth-order valence-corrected chi connectivity index (χ4v) is 3.82. The van der Waals surface area contributed by atoms with Crippen LogP contribution in [0, 0.1) is 5.92 Å². The van der Waals surface area contributed by atoms with E-state index in [2.05, 4.69) is 5.32 Å². The van der Waals surface area contributed by atoms with Crippen LogP contribution in [-0.4, -0.2) is 38.9 Å². The first-order valence-electron chi connectivity index (χ1n) is 9.25. The molecule has 3 N–H and O–H groups in total. The Labute approximate surface area is 184 Å². The summed E-state index contributed by atoms with van der Waals surface area (Å²) in [6, 6.07) is 12.0. The van der Waals surface area contributed by atoms with E-state index in [4.69, 9.17) is 21.5 Å². The zero-order chi connectivity index (χ0) is 22.8. The molecule has 0 saturated carbocycles. The highest BCUT2D eigenvalue weighted by Gasteiger charge is 2.38. The standard InChI is InChI=1S/C20H20ClN3O6S/c1-12(19(26)23-14-6-8-15(9-7-14)31(22,28)29)30-20(27)13-10-18(25)24(11-13)17-5-3-2-4-16(17)21/h2-9,12-13H,10-11H2,1H3,(H,23,26)(H2,22,28,29). The van der Waals surface area contributed by atoms with E-state index in [0.717, 1.165) is 0 Å². The van der Waals surface area contributed by atoms with Gasteiger partial charge in [0.15, 0.2) is 6.10 Å². The molecule has 31 heavy (non-hydrogen) atoms. The van der Waals surface area contributed by atoms with Gasteiger partial charge in [-0.05, 0) is 43.3 Å². The van der Waals surface area contributed by atoms with Crippen molar-refractivity contribution in [2.45, 2.75) is 24.3 Å². The first kappa shape index (κ1) is 22.7. The molecule has 2 unspecified atom stereocenters. The quantitative estimate of drug-likeness (QED) is 0.625. The van der Waals surface area contributed by atoms with Crippen LogP contribution in [-0.2, 0) is 29.1 Å². The number of carbonyl (C=O) groups excluding carboxylic acids is 3. The third-order valence-electron chi connectivity index (χ3n) is 4.71. The number of hydrogen-bond donors (Lipinski definition) is 2. The molecule has 2 aromatic carbocycles. The molecule has 2 aromatic rings. The number of esters is 1. The number of nitrogens with one attached hydrogen (secondary N) is 1. The Morgan fingerprint density at radius 3 is 2.45 bits per heavy atom. The molecular weight excluding hydrogens is 446 g/mol. The molecule has 164 valence electrons. The second kappa shape index (κ2) is 9.04. The zero-order valence-corrected chi connectivity index (χ0v) is 18.0. The molecule has 1 fully saturated rings. The second-order valence-corrected chi connectivity index (χ2v) is 8.96. The molecule has 1 heterocycles. The molecule has 11 heteroatoms. The SMILES string of the molecule is CC(OC(=O)C1CC(=O)N(c2ccccc2Cl)C1)C(=O)Nc1ccc(S(N)(=O)=O)cc1. The average Bonchev–Trinajstić information content (AvgIpc) is 3.09. The number of para-hydroxylation sites is 1. The Kier molecular flexibility index (Phi) is 6.63. The number of ether oxygens (including phenoxy) is 1. The fraction of sp³-hybridized carbons (Fsp3) is 0.250. The number of hydrogen-bond acceptors (Lipinski definition) is 6. The minimum Gasteiger partial charge on any atom is -0.452 e. The molecule has 1 saturated heterocycles. The lowest BCUT2D eigenvalue weighted by Crippen LogP contribution is -2.33. The second-order valence-electron chi connectivity index (χ2n) is 6.99. The van der Waals surface area contributed by atoms with E-state index < -0.39 is 33.9 Å². The van der Waals surface area contributed by atoms with Crippen LogP contribution in [0.5, 0.6) is 0 Å². The summed E-state index contributed by atoms with van der Waals surface area (Å²) in [5.74, 6) is -2.27. The van der Waals surface area contributed by atoms with Crippen molar-refractivity contribution in [1.29, 1.82) is 0 Å². The Bertz CT molecular complexity index is 1120. The van der Waals surface area contributed by atoms with Crippen molar-refractivity contribution in [2.24, 2.45) is 11.1 Å². The maximum atomic E-state index is 12.5. The predicted octanol–water partition coefficient (Wildman–Crippen LogP) is 1.91. The molecule has 9 nitrogen and oxygen atoms in total. The first-order valence-corrected chi connectivity index (χ1v) is 11.2. The van der Waals surface area contributed by atoms with Crippen LogP contribution in [0.1, 0.15) is 13.3 Å². The molecule has 2 atom stereocenters. The number of amides is 2. The molecule has 0 spiro atoms. The normalized spacial score (nSPS) is 17.3. The summed E-state index contributed by atoms with van der Waals surface area (Å²) in [4.78, 5) is 38.4. The lowest BCUT2D eigenvalue weighted by molar-refractivity contribution is -0.157. The first-order chi connectivity index (χ1) is 14.6. The summed E-state index contributed by atoms with van der Waals surface area (Å²) >= 11 is 6.13. The number of anilines is 2. The summed E-state index contributed by atoms with van der Waals surface area (Å²) in [6.07, 6.45) is -1.18. The monoisotopic (exact) mass is 465 g/mol. The molecule has 0 radical (unpaired) electrons. The summed E-state index contributed by atoms with van der Waals surface area (Å²) < 4.78 is 27.8. The van der Waals surface area contributed by atoms with Crippen LogP contribution in [0.15, 0.2) is 53.4 Å². The van der Waals surface area contributed by atoms with Crippen molar-refractivity contribution >= 4 is 50.8 Å². The van der Waals surface area contributed by atoms with Crippen molar-refractivity contribution in [3.8, 4) is 0 Å². The van der Waals surface area contributed by atoms with Crippen LogP contribution >= 0.6 is 11.6 Å². The summed E-state index contributed by atoms with van der Waals surface area (Å²) in [6.45, 7) is 1.50. The van der Waals surface area contributed by atoms with E-state index in [0.29, 0.717) is 16.4 Å². The van der Waals surface area contributed by atoms with Gasteiger partial charge in [-0.2, -0.15) is 0 Å². The highest BCUT2D eigenvalue weighted by molar-refractivity contribution is 7.89. The van der Waals surface area contributed by atoms with Crippen molar-refractivity contribution in [2.75, 3.05) is 16.8 Å². The highest BCUT2D eigenvalue weighted by atomic mass is 35.5. The molecule has 0 aromatic heterocycles. The van der Waals surface area contributed by atoms with E-state index in [1.54, 1.807) is 24.3 Å². The van der Waals surface area contributed by atoms with E-state index in [1.807, 2.05) is 0 Å². The number of carbonyl (C=O) groups is 3. The van der Waals surface area contributed by atoms with Gasteiger partial charge in [0.05, 0.1) is 21.5 Å². The Hall–Kier alpha value is -2.95. The highest BCUT2D eigenvalue weighted by Crippen LogP contribution is 2.31. The van der Waals surface area contributed by atoms with Crippen molar-refractivity contribution in [3.63, 3.8) is 0 Å². The largest absolute Gasteiger partial charge is 0.452 e. The third kappa shape index (κ3) is 5.40. The lowest BCUT2D eigenvalue weighted by atomic mass is 10.1. The summed E-state index contributed by atoms with van der Waals surface area (Å²) in [5, 5.41) is 7.94. The molecule has 1 aliphatic rings. The molecule has 0 bridgehead atoms. The Balaban J connectivity index is 1.58. The fourth-order valence-electron chi connectivity index (χ4n) is 3.06. The number of nitrogens with two attached hydrogens (primary N) is 1. The van der Waals surface area contributed by atoms with Crippen molar-refractivity contribution in [3.05, 3.63) is 53.6 Å². The maximum Gasteiger partial charge on any atom is 0.312 e. The van der Waals surface area contributed by atoms with Gasteiger partial charge in [0.25, 0.3) is 5.91 Å². The van der Waals surface area contributed by atoms with E-state index in [-0.39, 0.29) is 23.8 Å². The number of rotatable bonds is 6. The Morgan fingerprint density at radius 1 is 1.19 bits per heavy atom. The lowest BCUT2D eigenvalue weighted by Gasteiger charge is -2.19. The molecular formula is C20H20ClN3O6S. The van der Waals surface area contributed by atoms with Gasteiger partial charge < -0.3 is 15.0 Å². The zero-order valence-electron chi connectivity index (χ0n) is 16.4. The van der Waals surface area contributed by atoms with Gasteiger partial charge in [0, 0.05) is 18.7 Å². The van der Waals surface area contributed by atoms with Crippen LogP contribution in [0.4, 0.5) is 11.4 Å². The topological polar surface area (TPSA) is 136 Å². The number of halogens is 1. The van der Waals surface area contributed by atoms with Gasteiger partial charge in [-0.1, -0.05) is 23.7 Å². The maximum absolute atomic E-state index is 12.5. The summed E-state index contributed by atoms with van der Waals surface area (Å²) in [5.41, 5.74) is 0.819. The average molecular weight is 466 g/mol. The van der Waals surface area contributed by atoms with Gasteiger partial charge in [0.1, 0.15) is 0 Å². The number of nitrogens with zero attached hydrogens (tertiary/aromatic N) is 1. The van der Waals surface area contributed by atoms with E-state index in [9.17, 15) is 22.8 Å². The predicted molar refractivity (Wildman–Crippen MR) is 114 cm³/mol. The van der Waals surface area contributed by atoms with Gasteiger partial charge in [-0.3, -0.25) is 14.4 Å². The van der Waals surface area contributed by atoms with Crippen LogP contribution in [0.3, 0.4) is 0 Å². The van der Waals surface area contributed by atoms with E-state index >= 15 is 0 Å². The third-order valence-corrected chi connectivity index (χ3v) is 5.96. The van der Waals surface area contributed by atoms with Crippen LogP contribution in [0.25, 0.3) is 0 Å². The van der Waals surface area contributed by atoms with Gasteiger partial charge >= 0.3 is 5.97 Å². The van der Waals surface area contributed by atoms with Crippen molar-refractivity contribution in [1.82, 2.24) is 0 Å². The van der Waals surface area contributed by atoms with Crippen molar-refractivity contribution < 1.29 is 27.5 Å². The molecule has 0 aliphatic carbocycles. The number of sulfonamides is 1. The minimum absolute atomic E-state index is 0.0482. The minimum atomic E-state index is -3.84. The number of benzene rings is 2. The molecule has 1 aliphatic heterocycles.